The summed E-state index contributed by atoms with van der Waals surface area (Å²) in [4.78, 5) is 0. The summed E-state index contributed by atoms with van der Waals surface area (Å²) in [5.41, 5.74) is 2.64. The van der Waals surface area contributed by atoms with Gasteiger partial charge in [-0.1, -0.05) is 55.3 Å². The van der Waals surface area contributed by atoms with Crippen LogP contribution in [0.15, 0.2) is 42.5 Å². The molecule has 0 spiro atoms. The van der Waals surface area contributed by atoms with Gasteiger partial charge >= 0.3 is 0 Å². The minimum atomic E-state index is 0.217. The van der Waals surface area contributed by atoms with Crippen molar-refractivity contribution in [3.05, 3.63) is 59.2 Å². The first-order chi connectivity index (χ1) is 10.2. The molecule has 2 nitrogen and oxygen atoms in total. The molecule has 0 aromatic heterocycles. The van der Waals surface area contributed by atoms with Crippen molar-refractivity contribution in [1.82, 2.24) is 0 Å². The maximum atomic E-state index is 10.2. The molecule has 2 N–H and O–H groups in total. The van der Waals surface area contributed by atoms with Gasteiger partial charge in [-0.15, -0.1) is 0 Å². The van der Waals surface area contributed by atoms with E-state index in [1.165, 1.54) is 12.8 Å². The minimum Gasteiger partial charge on any atom is -0.507 e. The number of hydrogen-bond acceptors (Lipinski definition) is 2. The molecule has 1 saturated carbocycles. The first-order valence-corrected chi connectivity index (χ1v) is 7.53. The number of rotatable bonds is 3. The molecule has 2 aromatic carbocycles. The average molecular weight is 280 g/mol. The molecule has 21 heavy (non-hydrogen) atoms. The second kappa shape index (κ2) is 6.04. The molecule has 0 saturated heterocycles. The fourth-order valence-electron chi connectivity index (χ4n) is 3.13. The molecule has 0 atom stereocenters. The monoisotopic (exact) mass is 280 g/mol. The fourth-order valence-corrected chi connectivity index (χ4v) is 3.13. The minimum absolute atomic E-state index is 0.217. The highest BCUT2D eigenvalue weighted by Crippen LogP contribution is 2.43. The molecule has 0 bridgehead atoms. The van der Waals surface area contributed by atoms with Crippen LogP contribution < -0.4 is 0 Å². The van der Waals surface area contributed by atoms with Crippen molar-refractivity contribution in [2.24, 2.45) is 0 Å². The highest BCUT2D eigenvalue weighted by Gasteiger charge is 2.23. The summed E-state index contributed by atoms with van der Waals surface area (Å²) in [6, 6.07) is 13.5. The van der Waals surface area contributed by atoms with Crippen molar-refractivity contribution in [1.29, 1.82) is 0 Å². The van der Waals surface area contributed by atoms with E-state index in [0.717, 1.165) is 29.5 Å². The Hall–Kier alpha value is -2.22. The molecule has 2 heteroatoms. The van der Waals surface area contributed by atoms with E-state index in [1.54, 1.807) is 12.1 Å². The number of aromatic hydroxyl groups is 2. The zero-order valence-electron chi connectivity index (χ0n) is 12.0. The Balaban J connectivity index is 1.86. The Labute approximate surface area is 125 Å². The third kappa shape index (κ3) is 3.10. The summed E-state index contributed by atoms with van der Waals surface area (Å²) in [6.07, 6.45) is 8.36. The van der Waals surface area contributed by atoms with Gasteiger partial charge in [-0.3, -0.25) is 0 Å². The Morgan fingerprint density at radius 2 is 1.38 bits per heavy atom. The first kappa shape index (κ1) is 13.7. The summed E-state index contributed by atoms with van der Waals surface area (Å²) in [5, 5.41) is 20.5. The third-order valence-corrected chi connectivity index (χ3v) is 4.19. The van der Waals surface area contributed by atoms with Gasteiger partial charge in [0.2, 0.25) is 0 Å². The molecular weight excluding hydrogens is 260 g/mol. The second-order valence-electron chi connectivity index (χ2n) is 5.70. The van der Waals surface area contributed by atoms with E-state index in [2.05, 4.69) is 0 Å². The standard InChI is InChI=1S/C19H20O2/c20-17-12-15(11-10-14-6-2-1-3-7-14)13-18(21)19(17)16-8-4-5-9-16/h1-3,6-7,10-13,16,20-21H,4-5,8-9H2. The maximum absolute atomic E-state index is 10.2. The molecule has 1 fully saturated rings. The maximum Gasteiger partial charge on any atom is 0.123 e. The van der Waals surface area contributed by atoms with Gasteiger partial charge in [0, 0.05) is 5.56 Å². The summed E-state index contributed by atoms with van der Waals surface area (Å²) in [6.45, 7) is 0. The summed E-state index contributed by atoms with van der Waals surface area (Å²) >= 11 is 0. The number of phenolic OH excluding ortho intramolecular Hbond substituents is 2. The van der Waals surface area contributed by atoms with E-state index in [0.29, 0.717) is 5.92 Å². The Bertz CT molecular complexity index is 615. The highest BCUT2D eigenvalue weighted by atomic mass is 16.3. The quantitative estimate of drug-likeness (QED) is 0.783. The third-order valence-electron chi connectivity index (χ3n) is 4.19. The van der Waals surface area contributed by atoms with Crippen LogP contribution in [0.3, 0.4) is 0 Å². The SMILES string of the molecule is Oc1cc(C=Cc2ccccc2)cc(O)c1C1CCCC1. The first-order valence-electron chi connectivity index (χ1n) is 7.53. The van der Waals surface area contributed by atoms with E-state index in [1.807, 2.05) is 42.5 Å². The average Bonchev–Trinajstić information content (AvgIpc) is 2.99. The van der Waals surface area contributed by atoms with Crippen LogP contribution in [0.25, 0.3) is 12.2 Å². The van der Waals surface area contributed by atoms with Crippen molar-refractivity contribution in [3.8, 4) is 11.5 Å². The molecule has 1 aliphatic carbocycles. The second-order valence-corrected chi connectivity index (χ2v) is 5.70. The lowest BCUT2D eigenvalue weighted by Gasteiger charge is -2.14. The van der Waals surface area contributed by atoms with Crippen LogP contribution in [0, 0.1) is 0 Å². The Kier molecular flexibility index (Phi) is 3.96. The van der Waals surface area contributed by atoms with Crippen LogP contribution in [0.1, 0.15) is 48.3 Å². The predicted molar refractivity (Wildman–Crippen MR) is 86.4 cm³/mol. The number of phenols is 2. The van der Waals surface area contributed by atoms with Crippen LogP contribution in [0.5, 0.6) is 11.5 Å². The van der Waals surface area contributed by atoms with Crippen molar-refractivity contribution in [2.45, 2.75) is 31.6 Å². The van der Waals surface area contributed by atoms with Gasteiger partial charge in [-0.2, -0.15) is 0 Å². The van der Waals surface area contributed by atoms with Gasteiger partial charge in [-0.05, 0) is 42.0 Å². The molecule has 0 radical (unpaired) electrons. The van der Waals surface area contributed by atoms with Crippen molar-refractivity contribution >= 4 is 12.2 Å². The van der Waals surface area contributed by atoms with Gasteiger partial charge in [0.15, 0.2) is 0 Å². The molecule has 0 amide bonds. The molecule has 0 unspecified atom stereocenters. The lowest BCUT2D eigenvalue weighted by atomic mass is 9.94. The van der Waals surface area contributed by atoms with Gasteiger partial charge in [0.1, 0.15) is 11.5 Å². The number of hydrogen-bond donors (Lipinski definition) is 2. The van der Waals surface area contributed by atoms with Crippen LogP contribution in [0.4, 0.5) is 0 Å². The van der Waals surface area contributed by atoms with E-state index in [-0.39, 0.29) is 11.5 Å². The van der Waals surface area contributed by atoms with Gasteiger partial charge in [0.25, 0.3) is 0 Å². The van der Waals surface area contributed by atoms with E-state index >= 15 is 0 Å². The fraction of sp³-hybridized carbons (Fsp3) is 0.263. The topological polar surface area (TPSA) is 40.5 Å². The largest absolute Gasteiger partial charge is 0.507 e. The van der Waals surface area contributed by atoms with Gasteiger partial charge < -0.3 is 10.2 Å². The van der Waals surface area contributed by atoms with Crippen molar-refractivity contribution < 1.29 is 10.2 Å². The van der Waals surface area contributed by atoms with Crippen LogP contribution >= 0.6 is 0 Å². The lowest BCUT2D eigenvalue weighted by molar-refractivity contribution is 0.428. The van der Waals surface area contributed by atoms with Gasteiger partial charge in [0.05, 0.1) is 0 Å². The normalized spacial score (nSPS) is 15.8. The summed E-state index contributed by atoms with van der Waals surface area (Å²) in [5.74, 6) is 0.737. The molecule has 0 aliphatic heterocycles. The smallest absolute Gasteiger partial charge is 0.123 e. The van der Waals surface area contributed by atoms with E-state index in [9.17, 15) is 10.2 Å². The van der Waals surface area contributed by atoms with Crippen LogP contribution in [-0.2, 0) is 0 Å². The molecule has 1 aliphatic rings. The zero-order chi connectivity index (χ0) is 14.7. The Morgan fingerprint density at radius 3 is 2.00 bits per heavy atom. The summed E-state index contributed by atoms with van der Waals surface area (Å²) in [7, 11) is 0. The number of benzene rings is 2. The van der Waals surface area contributed by atoms with E-state index in [4.69, 9.17) is 0 Å². The van der Waals surface area contributed by atoms with Crippen LogP contribution in [0.2, 0.25) is 0 Å². The summed E-state index contributed by atoms with van der Waals surface area (Å²) < 4.78 is 0. The molecule has 3 rings (SSSR count). The van der Waals surface area contributed by atoms with Crippen LogP contribution in [-0.4, -0.2) is 10.2 Å². The molecule has 108 valence electrons. The predicted octanol–water partition coefficient (Wildman–Crippen LogP) is 4.93. The Morgan fingerprint density at radius 1 is 0.810 bits per heavy atom. The van der Waals surface area contributed by atoms with Gasteiger partial charge in [-0.25, -0.2) is 0 Å². The lowest BCUT2D eigenvalue weighted by Crippen LogP contribution is -1.94. The van der Waals surface area contributed by atoms with E-state index < -0.39 is 0 Å². The molecule has 0 heterocycles. The van der Waals surface area contributed by atoms with Crippen molar-refractivity contribution in [2.75, 3.05) is 0 Å². The highest BCUT2D eigenvalue weighted by molar-refractivity contribution is 5.71. The zero-order valence-corrected chi connectivity index (χ0v) is 12.0. The molecule has 2 aromatic rings. The molecular formula is C19H20O2. The van der Waals surface area contributed by atoms with Crippen molar-refractivity contribution in [3.63, 3.8) is 0 Å².